The van der Waals surface area contributed by atoms with Crippen LogP contribution in [-0.2, 0) is 24.4 Å². The van der Waals surface area contributed by atoms with Crippen LogP contribution in [-0.4, -0.2) is 27.6 Å². The van der Waals surface area contributed by atoms with Gasteiger partial charge in [-0.2, -0.15) is 11.3 Å². The molecule has 22 heavy (non-hydrogen) atoms. The Morgan fingerprint density at radius 3 is 3.23 bits per heavy atom. The fraction of sp³-hybridized carbons (Fsp3) is 0.333. The smallest absolute Gasteiger partial charge is 0.119 e. The zero-order valence-electron chi connectivity index (χ0n) is 11.9. The molecule has 0 unspecified atom stereocenters. The number of hydrogen-bond donors (Lipinski definition) is 1. The van der Waals surface area contributed by atoms with Gasteiger partial charge in [0.05, 0.1) is 37.5 Å². The molecular weight excluding hydrogens is 300 g/mol. The van der Waals surface area contributed by atoms with Gasteiger partial charge in [0.15, 0.2) is 0 Å². The van der Waals surface area contributed by atoms with Crippen molar-refractivity contribution in [1.82, 2.24) is 20.3 Å². The Morgan fingerprint density at radius 2 is 2.41 bits per heavy atom. The van der Waals surface area contributed by atoms with Crippen LogP contribution in [0.2, 0.25) is 0 Å². The van der Waals surface area contributed by atoms with E-state index in [1.54, 1.807) is 23.9 Å². The second-order valence-electron chi connectivity index (χ2n) is 5.27. The molecule has 0 radical (unpaired) electrons. The van der Waals surface area contributed by atoms with E-state index in [0.29, 0.717) is 6.61 Å². The maximum Gasteiger partial charge on any atom is 0.119 e. The Bertz CT molecular complexity index is 721. The van der Waals surface area contributed by atoms with Gasteiger partial charge in [-0.3, -0.25) is 0 Å². The Labute approximate surface area is 131 Å². The van der Waals surface area contributed by atoms with Crippen LogP contribution in [0, 0.1) is 0 Å². The van der Waals surface area contributed by atoms with Gasteiger partial charge < -0.3 is 14.5 Å². The van der Waals surface area contributed by atoms with Crippen molar-refractivity contribution in [3.8, 4) is 11.3 Å². The molecule has 6 nitrogen and oxygen atoms in total. The highest BCUT2D eigenvalue weighted by Gasteiger charge is 2.24. The first-order valence-corrected chi connectivity index (χ1v) is 8.13. The standard InChI is InChI=1S/C15H16N4O2S/c1-3-20-8-11(1)5-16-6-13-7-19-14(9-21-13)15(17-18-19)12-2-4-22-10-12/h1-4,8,10,13,16H,5-7,9H2/t13-/m1/s1. The molecule has 3 aromatic rings. The number of nitrogens with zero attached hydrogens (tertiary/aromatic N) is 3. The highest BCUT2D eigenvalue weighted by Crippen LogP contribution is 2.26. The molecule has 0 saturated carbocycles. The normalized spacial score (nSPS) is 17.5. The fourth-order valence-corrected chi connectivity index (χ4v) is 3.22. The molecule has 4 heterocycles. The highest BCUT2D eigenvalue weighted by molar-refractivity contribution is 7.08. The largest absolute Gasteiger partial charge is 0.472 e. The summed E-state index contributed by atoms with van der Waals surface area (Å²) in [5.41, 5.74) is 4.25. The second kappa shape index (κ2) is 6.04. The molecule has 114 valence electrons. The van der Waals surface area contributed by atoms with Gasteiger partial charge >= 0.3 is 0 Å². The molecule has 3 aromatic heterocycles. The average Bonchev–Trinajstić information content (AvgIpc) is 3.28. The van der Waals surface area contributed by atoms with Crippen molar-refractivity contribution >= 4 is 11.3 Å². The predicted molar refractivity (Wildman–Crippen MR) is 82.3 cm³/mol. The first-order valence-electron chi connectivity index (χ1n) is 7.18. The van der Waals surface area contributed by atoms with Crippen LogP contribution >= 0.6 is 11.3 Å². The first kappa shape index (κ1) is 13.7. The third-order valence-corrected chi connectivity index (χ3v) is 4.43. The van der Waals surface area contributed by atoms with Crippen LogP contribution in [0.15, 0.2) is 39.8 Å². The SMILES string of the molecule is c1cc(CNC[C@@H]2Cn3nnc(-c4ccsc4)c3CO2)co1. The fourth-order valence-electron chi connectivity index (χ4n) is 2.58. The predicted octanol–water partition coefficient (Wildman–Crippen LogP) is 2.29. The molecule has 1 aliphatic heterocycles. The molecule has 0 amide bonds. The number of rotatable bonds is 5. The van der Waals surface area contributed by atoms with Gasteiger partial charge in [0.2, 0.25) is 0 Å². The number of aromatic nitrogens is 3. The summed E-state index contributed by atoms with van der Waals surface area (Å²) >= 11 is 1.66. The summed E-state index contributed by atoms with van der Waals surface area (Å²) in [4.78, 5) is 0. The second-order valence-corrected chi connectivity index (χ2v) is 6.05. The maximum atomic E-state index is 5.94. The summed E-state index contributed by atoms with van der Waals surface area (Å²) < 4.78 is 12.9. The Kier molecular flexibility index (Phi) is 3.75. The van der Waals surface area contributed by atoms with Gasteiger partial charge in [-0.1, -0.05) is 5.21 Å². The molecular formula is C15H16N4O2S. The monoisotopic (exact) mass is 316 g/mol. The van der Waals surface area contributed by atoms with E-state index in [1.165, 1.54) is 0 Å². The van der Waals surface area contributed by atoms with E-state index in [0.717, 1.165) is 42.1 Å². The summed E-state index contributed by atoms with van der Waals surface area (Å²) in [5.74, 6) is 0. The van der Waals surface area contributed by atoms with Gasteiger partial charge in [0.25, 0.3) is 0 Å². The lowest BCUT2D eigenvalue weighted by Crippen LogP contribution is -2.36. The van der Waals surface area contributed by atoms with E-state index in [-0.39, 0.29) is 6.10 Å². The van der Waals surface area contributed by atoms with Crippen LogP contribution in [0.5, 0.6) is 0 Å². The number of fused-ring (bicyclic) bond motifs is 1. The van der Waals surface area contributed by atoms with Crippen LogP contribution in [0.25, 0.3) is 11.3 Å². The van der Waals surface area contributed by atoms with Crippen molar-refractivity contribution in [2.24, 2.45) is 0 Å². The number of nitrogens with one attached hydrogen (secondary N) is 1. The zero-order chi connectivity index (χ0) is 14.8. The number of thiophene rings is 1. The summed E-state index contributed by atoms with van der Waals surface area (Å²) in [6.07, 6.45) is 3.54. The van der Waals surface area contributed by atoms with E-state index >= 15 is 0 Å². The molecule has 1 aliphatic rings. The third kappa shape index (κ3) is 2.70. The number of hydrogen-bond acceptors (Lipinski definition) is 6. The lowest BCUT2D eigenvalue weighted by Gasteiger charge is -2.24. The molecule has 7 heteroatoms. The molecule has 0 bridgehead atoms. The minimum absolute atomic E-state index is 0.108. The Balaban J connectivity index is 1.38. The quantitative estimate of drug-likeness (QED) is 0.782. The molecule has 0 aromatic carbocycles. The molecule has 0 fully saturated rings. The van der Waals surface area contributed by atoms with Crippen molar-refractivity contribution < 1.29 is 9.15 Å². The molecule has 0 spiro atoms. The highest BCUT2D eigenvalue weighted by atomic mass is 32.1. The van der Waals surface area contributed by atoms with Gasteiger partial charge in [0, 0.05) is 29.6 Å². The van der Waals surface area contributed by atoms with Crippen LogP contribution in [0.3, 0.4) is 0 Å². The summed E-state index contributed by atoms with van der Waals surface area (Å²) in [6, 6.07) is 4.02. The average molecular weight is 316 g/mol. The first-order chi connectivity index (χ1) is 10.9. The Hall–Kier alpha value is -1.96. The van der Waals surface area contributed by atoms with E-state index < -0.39 is 0 Å². The van der Waals surface area contributed by atoms with Gasteiger partial charge in [-0.05, 0) is 17.5 Å². The van der Waals surface area contributed by atoms with Gasteiger partial charge in [-0.15, -0.1) is 5.10 Å². The molecule has 0 aliphatic carbocycles. The van der Waals surface area contributed by atoms with Crippen LogP contribution < -0.4 is 5.32 Å². The molecule has 1 N–H and O–H groups in total. The van der Waals surface area contributed by atoms with Gasteiger partial charge in [-0.25, -0.2) is 4.68 Å². The van der Waals surface area contributed by atoms with Gasteiger partial charge in [0.1, 0.15) is 5.69 Å². The lowest BCUT2D eigenvalue weighted by molar-refractivity contribution is 0.00125. The van der Waals surface area contributed by atoms with Crippen molar-refractivity contribution in [3.63, 3.8) is 0 Å². The molecule has 0 saturated heterocycles. The van der Waals surface area contributed by atoms with Crippen molar-refractivity contribution in [1.29, 1.82) is 0 Å². The Morgan fingerprint density at radius 1 is 1.41 bits per heavy atom. The lowest BCUT2D eigenvalue weighted by atomic mass is 10.2. The van der Waals surface area contributed by atoms with Crippen LogP contribution in [0.1, 0.15) is 11.3 Å². The topological polar surface area (TPSA) is 65.1 Å². The number of furan rings is 1. The molecule has 1 atom stereocenters. The summed E-state index contributed by atoms with van der Waals surface area (Å²) in [5, 5.41) is 16.1. The van der Waals surface area contributed by atoms with Crippen molar-refractivity contribution in [2.45, 2.75) is 25.8 Å². The van der Waals surface area contributed by atoms with E-state index in [2.05, 4.69) is 27.1 Å². The molecule has 4 rings (SSSR count). The maximum absolute atomic E-state index is 5.94. The minimum atomic E-state index is 0.108. The van der Waals surface area contributed by atoms with E-state index in [9.17, 15) is 0 Å². The van der Waals surface area contributed by atoms with Crippen LogP contribution in [0.4, 0.5) is 0 Å². The summed E-state index contributed by atoms with van der Waals surface area (Å²) in [7, 11) is 0. The van der Waals surface area contributed by atoms with Crippen molar-refractivity contribution in [2.75, 3.05) is 6.54 Å². The zero-order valence-corrected chi connectivity index (χ0v) is 12.8. The van der Waals surface area contributed by atoms with Crippen molar-refractivity contribution in [3.05, 3.63) is 46.7 Å². The number of ether oxygens (including phenoxy) is 1. The third-order valence-electron chi connectivity index (χ3n) is 3.75. The minimum Gasteiger partial charge on any atom is -0.472 e. The summed E-state index contributed by atoms with van der Waals surface area (Å²) in [6.45, 7) is 2.83. The van der Waals surface area contributed by atoms with E-state index in [4.69, 9.17) is 9.15 Å². The van der Waals surface area contributed by atoms with E-state index in [1.807, 2.05) is 16.1 Å².